The molecule has 8 heteroatoms. The molecule has 136 valence electrons. The topological polar surface area (TPSA) is 101 Å². The molecule has 1 unspecified atom stereocenters. The highest BCUT2D eigenvalue weighted by molar-refractivity contribution is 6.03. The molecule has 0 bridgehead atoms. The smallest absolute Gasteiger partial charge is 0.354 e. The van der Waals surface area contributed by atoms with Crippen molar-refractivity contribution < 1.29 is 23.8 Å². The molecule has 7 nitrogen and oxygen atoms in total. The number of pyridine rings is 1. The van der Waals surface area contributed by atoms with Crippen LogP contribution in [0.4, 0.5) is 15.8 Å². The van der Waals surface area contributed by atoms with Gasteiger partial charge in [-0.15, -0.1) is 0 Å². The molecule has 1 fully saturated rings. The Morgan fingerprint density at radius 1 is 1.27 bits per heavy atom. The van der Waals surface area contributed by atoms with Gasteiger partial charge in [0.25, 0.3) is 5.91 Å². The number of hydrogen-bond donors (Lipinski definition) is 3. The molecule has 1 amide bonds. The molecule has 1 aliphatic rings. The molecule has 0 radical (unpaired) electrons. The van der Waals surface area contributed by atoms with E-state index < -0.39 is 17.7 Å². The molecule has 3 N–H and O–H groups in total. The van der Waals surface area contributed by atoms with Gasteiger partial charge in [-0.1, -0.05) is 6.07 Å². The van der Waals surface area contributed by atoms with Crippen LogP contribution in [0.3, 0.4) is 0 Å². The Morgan fingerprint density at radius 3 is 2.77 bits per heavy atom. The number of carbonyl (C=O) groups excluding carboxylic acids is 1. The number of carbonyl (C=O) groups is 2. The van der Waals surface area contributed by atoms with E-state index in [0.29, 0.717) is 12.2 Å². The fourth-order valence-electron chi connectivity index (χ4n) is 2.64. The van der Waals surface area contributed by atoms with Crippen molar-refractivity contribution in [2.75, 3.05) is 23.8 Å². The van der Waals surface area contributed by atoms with Crippen LogP contribution < -0.4 is 10.6 Å². The summed E-state index contributed by atoms with van der Waals surface area (Å²) in [7, 11) is 0. The van der Waals surface area contributed by atoms with Crippen LogP contribution in [0.1, 0.15) is 33.8 Å². The van der Waals surface area contributed by atoms with E-state index in [1.807, 2.05) is 0 Å². The summed E-state index contributed by atoms with van der Waals surface area (Å²) in [6.45, 7) is 1.26. The molecule has 26 heavy (non-hydrogen) atoms. The molecule has 1 saturated heterocycles. The summed E-state index contributed by atoms with van der Waals surface area (Å²) < 4.78 is 19.7. The number of aromatic carboxylic acids is 1. The zero-order valence-electron chi connectivity index (χ0n) is 13.9. The second kappa shape index (κ2) is 7.92. The Labute approximate surface area is 149 Å². The highest BCUT2D eigenvalue weighted by Gasteiger charge is 2.16. The summed E-state index contributed by atoms with van der Waals surface area (Å²) in [4.78, 5) is 26.8. The van der Waals surface area contributed by atoms with Gasteiger partial charge in [0, 0.05) is 18.8 Å². The minimum absolute atomic E-state index is 0.0640. The van der Waals surface area contributed by atoms with E-state index in [0.717, 1.165) is 19.4 Å². The second-order valence-corrected chi connectivity index (χ2v) is 5.88. The minimum Gasteiger partial charge on any atom is -0.477 e. The van der Waals surface area contributed by atoms with Crippen LogP contribution in [-0.2, 0) is 4.74 Å². The number of ether oxygens (including phenoxy) is 1. The Hall–Kier alpha value is -3.00. The lowest BCUT2D eigenvalue weighted by Crippen LogP contribution is -2.19. The zero-order valence-corrected chi connectivity index (χ0v) is 13.9. The molecular weight excluding hydrogens is 341 g/mol. The Kier molecular flexibility index (Phi) is 5.43. The number of amides is 1. The predicted octanol–water partition coefficient (Wildman–Crippen LogP) is 2.76. The van der Waals surface area contributed by atoms with Gasteiger partial charge in [0.2, 0.25) is 0 Å². The van der Waals surface area contributed by atoms with Crippen LogP contribution in [0.15, 0.2) is 36.4 Å². The van der Waals surface area contributed by atoms with Crippen molar-refractivity contribution in [3.05, 3.63) is 53.6 Å². The van der Waals surface area contributed by atoms with Crippen molar-refractivity contribution >= 4 is 23.3 Å². The van der Waals surface area contributed by atoms with E-state index in [1.54, 1.807) is 6.07 Å². The Balaban J connectivity index is 1.64. The number of carboxylic acid groups (broad SMARTS) is 1. The van der Waals surface area contributed by atoms with Crippen molar-refractivity contribution in [1.82, 2.24) is 4.98 Å². The predicted molar refractivity (Wildman–Crippen MR) is 93.0 cm³/mol. The summed E-state index contributed by atoms with van der Waals surface area (Å²) in [6, 6.07) is 8.37. The number of benzene rings is 1. The van der Waals surface area contributed by atoms with Crippen LogP contribution in [0.2, 0.25) is 0 Å². The van der Waals surface area contributed by atoms with Gasteiger partial charge in [0.05, 0.1) is 11.8 Å². The van der Waals surface area contributed by atoms with E-state index >= 15 is 0 Å². The SMILES string of the molecule is O=C(O)c1cccc(C(=O)Nc2ccc(NCC3CCCO3)c(F)c2)n1. The third-order valence-corrected chi connectivity index (χ3v) is 3.97. The molecule has 1 aliphatic heterocycles. The van der Waals surface area contributed by atoms with Gasteiger partial charge in [-0.3, -0.25) is 4.79 Å². The number of nitrogens with one attached hydrogen (secondary N) is 2. The van der Waals surface area contributed by atoms with Gasteiger partial charge in [0.15, 0.2) is 0 Å². The van der Waals surface area contributed by atoms with Crippen molar-refractivity contribution in [3.8, 4) is 0 Å². The molecule has 3 rings (SSSR count). The summed E-state index contributed by atoms with van der Waals surface area (Å²) in [5.41, 5.74) is 0.269. The summed E-state index contributed by atoms with van der Waals surface area (Å²) in [5, 5.41) is 14.4. The zero-order chi connectivity index (χ0) is 18.5. The van der Waals surface area contributed by atoms with E-state index in [-0.39, 0.29) is 23.2 Å². The third-order valence-electron chi connectivity index (χ3n) is 3.97. The third kappa shape index (κ3) is 4.34. The number of anilines is 2. The number of rotatable bonds is 6. The molecule has 2 aromatic rings. The molecule has 0 saturated carbocycles. The first-order valence-corrected chi connectivity index (χ1v) is 8.19. The normalized spacial score (nSPS) is 16.3. The van der Waals surface area contributed by atoms with Gasteiger partial charge < -0.3 is 20.5 Å². The first-order valence-electron chi connectivity index (χ1n) is 8.19. The van der Waals surface area contributed by atoms with E-state index in [9.17, 15) is 14.0 Å². The Morgan fingerprint density at radius 2 is 2.08 bits per heavy atom. The lowest BCUT2D eigenvalue weighted by Gasteiger charge is -2.13. The maximum absolute atomic E-state index is 14.2. The number of halogens is 1. The number of carboxylic acids is 1. The molecule has 1 aromatic heterocycles. The van der Waals surface area contributed by atoms with Crippen LogP contribution >= 0.6 is 0 Å². The van der Waals surface area contributed by atoms with Gasteiger partial charge >= 0.3 is 5.97 Å². The van der Waals surface area contributed by atoms with Gasteiger partial charge in [-0.25, -0.2) is 14.2 Å². The molecule has 0 spiro atoms. The number of nitrogens with zero attached hydrogens (tertiary/aromatic N) is 1. The summed E-state index contributed by atoms with van der Waals surface area (Å²) in [6.07, 6.45) is 2.04. The summed E-state index contributed by atoms with van der Waals surface area (Å²) >= 11 is 0. The lowest BCUT2D eigenvalue weighted by atomic mass is 10.2. The first kappa shape index (κ1) is 17.8. The van der Waals surface area contributed by atoms with Crippen LogP contribution in [0.25, 0.3) is 0 Å². The van der Waals surface area contributed by atoms with Gasteiger partial charge in [-0.2, -0.15) is 0 Å². The van der Waals surface area contributed by atoms with E-state index in [2.05, 4.69) is 15.6 Å². The quantitative estimate of drug-likeness (QED) is 0.733. The highest BCUT2D eigenvalue weighted by atomic mass is 19.1. The minimum atomic E-state index is -1.23. The standard InChI is InChI=1S/C18H18FN3O4/c19-13-9-11(6-7-14(13)20-10-12-3-2-8-26-12)21-17(23)15-4-1-5-16(22-15)18(24)25/h1,4-7,9,12,20H,2-3,8,10H2,(H,21,23)(H,24,25). The largest absolute Gasteiger partial charge is 0.477 e. The van der Waals surface area contributed by atoms with Crippen molar-refractivity contribution in [2.45, 2.75) is 18.9 Å². The monoisotopic (exact) mass is 359 g/mol. The molecule has 2 heterocycles. The average Bonchev–Trinajstić information content (AvgIpc) is 3.14. The number of hydrogen-bond acceptors (Lipinski definition) is 5. The van der Waals surface area contributed by atoms with Crippen molar-refractivity contribution in [1.29, 1.82) is 0 Å². The molecule has 0 aliphatic carbocycles. The maximum atomic E-state index is 14.2. The van der Waals surface area contributed by atoms with E-state index in [4.69, 9.17) is 9.84 Å². The lowest BCUT2D eigenvalue weighted by molar-refractivity contribution is 0.0690. The molecule has 1 atom stereocenters. The van der Waals surface area contributed by atoms with Crippen LogP contribution in [0, 0.1) is 5.82 Å². The van der Waals surface area contributed by atoms with Gasteiger partial charge in [0.1, 0.15) is 17.2 Å². The van der Waals surface area contributed by atoms with Crippen LogP contribution in [-0.4, -0.2) is 41.2 Å². The average molecular weight is 359 g/mol. The molecule has 1 aromatic carbocycles. The first-order chi connectivity index (χ1) is 12.5. The van der Waals surface area contributed by atoms with Gasteiger partial charge in [-0.05, 0) is 43.2 Å². The fraction of sp³-hybridized carbons (Fsp3) is 0.278. The van der Waals surface area contributed by atoms with Crippen molar-refractivity contribution in [3.63, 3.8) is 0 Å². The Bertz CT molecular complexity index is 822. The fourth-order valence-corrected chi connectivity index (χ4v) is 2.64. The highest BCUT2D eigenvalue weighted by Crippen LogP contribution is 2.21. The second-order valence-electron chi connectivity index (χ2n) is 5.88. The molecular formula is C18H18FN3O4. The van der Waals surface area contributed by atoms with Crippen molar-refractivity contribution in [2.24, 2.45) is 0 Å². The number of aromatic nitrogens is 1. The van der Waals surface area contributed by atoms with Crippen LogP contribution in [0.5, 0.6) is 0 Å². The van der Waals surface area contributed by atoms with E-state index in [1.165, 1.54) is 30.3 Å². The summed E-state index contributed by atoms with van der Waals surface area (Å²) in [5.74, 6) is -2.35. The maximum Gasteiger partial charge on any atom is 0.354 e.